The number of sulfonamides is 1. The van der Waals surface area contributed by atoms with Crippen molar-refractivity contribution in [1.29, 1.82) is 0 Å². The standard InChI is InChI=1S/C24H25ClN2O3S/c1-4-19-9-6-8-18(3)24(19)26-23(28)16-27(21-10-5-7-17(2)15-21)31(29,30)22-13-11-20(25)12-14-22/h5-15H,4,16H2,1-3H3,(H,26,28). The van der Waals surface area contributed by atoms with Gasteiger partial charge in [-0.1, -0.05) is 48.9 Å². The summed E-state index contributed by atoms with van der Waals surface area (Å²) in [4.78, 5) is 13.1. The first-order chi connectivity index (χ1) is 14.7. The fourth-order valence-electron chi connectivity index (χ4n) is 3.34. The molecule has 0 fully saturated rings. The molecule has 0 atom stereocenters. The normalized spacial score (nSPS) is 11.2. The van der Waals surface area contributed by atoms with E-state index in [4.69, 9.17) is 11.6 Å². The molecule has 0 saturated heterocycles. The molecule has 31 heavy (non-hydrogen) atoms. The summed E-state index contributed by atoms with van der Waals surface area (Å²) < 4.78 is 28.0. The van der Waals surface area contributed by atoms with Crippen LogP contribution in [-0.2, 0) is 21.2 Å². The molecule has 0 saturated carbocycles. The van der Waals surface area contributed by atoms with Crippen molar-refractivity contribution in [2.45, 2.75) is 32.1 Å². The first-order valence-electron chi connectivity index (χ1n) is 9.95. The third-order valence-electron chi connectivity index (χ3n) is 4.98. The lowest BCUT2D eigenvalue weighted by Gasteiger charge is -2.25. The largest absolute Gasteiger partial charge is 0.324 e. The maximum Gasteiger partial charge on any atom is 0.264 e. The van der Waals surface area contributed by atoms with Gasteiger partial charge < -0.3 is 5.32 Å². The molecule has 1 amide bonds. The average molecular weight is 457 g/mol. The molecule has 5 nitrogen and oxygen atoms in total. The van der Waals surface area contributed by atoms with Gasteiger partial charge in [0.25, 0.3) is 10.0 Å². The second-order valence-corrected chi connectivity index (χ2v) is 9.61. The Morgan fingerprint density at radius 2 is 1.68 bits per heavy atom. The topological polar surface area (TPSA) is 66.5 Å². The maximum atomic E-state index is 13.4. The van der Waals surface area contributed by atoms with E-state index in [2.05, 4.69) is 5.32 Å². The van der Waals surface area contributed by atoms with Gasteiger partial charge in [-0.15, -0.1) is 0 Å². The van der Waals surface area contributed by atoms with Gasteiger partial charge in [-0.25, -0.2) is 8.42 Å². The molecule has 0 unspecified atom stereocenters. The van der Waals surface area contributed by atoms with Crippen LogP contribution in [0.3, 0.4) is 0 Å². The number of carbonyl (C=O) groups excluding carboxylic acids is 1. The first-order valence-corrected chi connectivity index (χ1v) is 11.8. The van der Waals surface area contributed by atoms with E-state index in [-0.39, 0.29) is 11.4 Å². The van der Waals surface area contributed by atoms with Crippen molar-refractivity contribution >= 4 is 38.9 Å². The third kappa shape index (κ3) is 5.27. The van der Waals surface area contributed by atoms with Crippen molar-refractivity contribution < 1.29 is 13.2 Å². The number of nitrogens with one attached hydrogen (secondary N) is 1. The minimum Gasteiger partial charge on any atom is -0.324 e. The Kier molecular flexibility index (Phi) is 7.03. The molecule has 0 heterocycles. The maximum absolute atomic E-state index is 13.4. The Morgan fingerprint density at radius 1 is 1.00 bits per heavy atom. The number of rotatable bonds is 7. The summed E-state index contributed by atoms with van der Waals surface area (Å²) in [7, 11) is -3.99. The smallest absolute Gasteiger partial charge is 0.264 e. The van der Waals surface area contributed by atoms with Crippen molar-refractivity contribution in [2.24, 2.45) is 0 Å². The molecule has 3 aromatic carbocycles. The van der Waals surface area contributed by atoms with Crippen molar-refractivity contribution in [3.8, 4) is 0 Å². The Hall–Kier alpha value is -2.83. The van der Waals surface area contributed by atoms with E-state index in [1.54, 1.807) is 18.2 Å². The Balaban J connectivity index is 1.98. The predicted molar refractivity (Wildman–Crippen MR) is 126 cm³/mol. The quantitative estimate of drug-likeness (QED) is 0.520. The summed E-state index contributed by atoms with van der Waals surface area (Å²) in [6.45, 7) is 5.44. The van der Waals surface area contributed by atoms with E-state index in [9.17, 15) is 13.2 Å². The number of amides is 1. The van der Waals surface area contributed by atoms with Gasteiger partial charge in [-0.2, -0.15) is 0 Å². The zero-order chi connectivity index (χ0) is 22.6. The van der Waals surface area contributed by atoms with Gasteiger partial charge in [0, 0.05) is 10.7 Å². The van der Waals surface area contributed by atoms with Crippen LogP contribution in [0.25, 0.3) is 0 Å². The van der Waals surface area contributed by atoms with Gasteiger partial charge in [0.15, 0.2) is 0 Å². The number of hydrogen-bond donors (Lipinski definition) is 1. The fourth-order valence-corrected chi connectivity index (χ4v) is 4.88. The highest BCUT2D eigenvalue weighted by Crippen LogP contribution is 2.26. The highest BCUT2D eigenvalue weighted by molar-refractivity contribution is 7.92. The zero-order valence-corrected chi connectivity index (χ0v) is 19.3. The molecule has 0 radical (unpaired) electrons. The molecule has 0 aliphatic heterocycles. The minimum absolute atomic E-state index is 0.0661. The number of nitrogens with zero attached hydrogens (tertiary/aromatic N) is 1. The lowest BCUT2D eigenvalue weighted by Crippen LogP contribution is -2.38. The minimum atomic E-state index is -3.99. The van der Waals surface area contributed by atoms with Gasteiger partial charge in [0.1, 0.15) is 6.54 Å². The second-order valence-electron chi connectivity index (χ2n) is 7.32. The van der Waals surface area contributed by atoms with Gasteiger partial charge in [0.2, 0.25) is 5.91 Å². The molecule has 3 rings (SSSR count). The van der Waals surface area contributed by atoms with Gasteiger partial charge in [0.05, 0.1) is 10.6 Å². The number of anilines is 2. The third-order valence-corrected chi connectivity index (χ3v) is 7.02. The summed E-state index contributed by atoms with van der Waals surface area (Å²) in [5.74, 6) is -0.414. The zero-order valence-electron chi connectivity index (χ0n) is 17.7. The van der Waals surface area contributed by atoms with Crippen LogP contribution < -0.4 is 9.62 Å². The van der Waals surface area contributed by atoms with Crippen molar-refractivity contribution in [2.75, 3.05) is 16.2 Å². The molecule has 0 aromatic heterocycles. The molecule has 162 valence electrons. The van der Waals surface area contributed by atoms with Crippen molar-refractivity contribution in [3.63, 3.8) is 0 Å². The van der Waals surface area contributed by atoms with Crippen LogP contribution >= 0.6 is 11.6 Å². The van der Waals surface area contributed by atoms with Crippen LogP contribution in [0.15, 0.2) is 71.6 Å². The van der Waals surface area contributed by atoms with E-state index in [0.29, 0.717) is 10.7 Å². The highest BCUT2D eigenvalue weighted by Gasteiger charge is 2.27. The lowest BCUT2D eigenvalue weighted by molar-refractivity contribution is -0.114. The Morgan fingerprint density at radius 3 is 2.32 bits per heavy atom. The van der Waals surface area contributed by atoms with Crippen molar-refractivity contribution in [1.82, 2.24) is 0 Å². The summed E-state index contributed by atoms with van der Waals surface area (Å²) >= 11 is 5.92. The molecule has 1 N–H and O–H groups in total. The monoisotopic (exact) mass is 456 g/mol. The fraction of sp³-hybridized carbons (Fsp3) is 0.208. The van der Waals surface area contributed by atoms with E-state index in [1.165, 1.54) is 24.3 Å². The highest BCUT2D eigenvalue weighted by atomic mass is 35.5. The second kappa shape index (κ2) is 9.54. The van der Waals surface area contributed by atoms with Crippen LogP contribution in [0.2, 0.25) is 5.02 Å². The molecule has 0 aliphatic rings. The van der Waals surface area contributed by atoms with Crippen LogP contribution in [-0.4, -0.2) is 20.9 Å². The Bertz CT molecular complexity index is 1190. The molecule has 7 heteroatoms. The summed E-state index contributed by atoms with van der Waals surface area (Å²) in [6.07, 6.45) is 0.752. The van der Waals surface area contributed by atoms with E-state index < -0.39 is 15.9 Å². The molecule has 0 aliphatic carbocycles. The van der Waals surface area contributed by atoms with E-state index in [0.717, 1.165) is 33.1 Å². The van der Waals surface area contributed by atoms with Gasteiger partial charge in [-0.05, 0) is 73.4 Å². The number of halogens is 1. The molecular formula is C24H25ClN2O3S. The molecule has 0 spiro atoms. The number of carbonyl (C=O) groups is 1. The number of aryl methyl sites for hydroxylation is 3. The summed E-state index contributed by atoms with van der Waals surface area (Å²) in [6, 6.07) is 18.8. The molecule has 0 bridgehead atoms. The first kappa shape index (κ1) is 22.8. The SMILES string of the molecule is CCc1cccc(C)c1NC(=O)CN(c1cccc(C)c1)S(=O)(=O)c1ccc(Cl)cc1. The Labute approximate surface area is 188 Å². The summed E-state index contributed by atoms with van der Waals surface area (Å²) in [5.41, 5.74) is 3.96. The molecular weight excluding hydrogens is 432 g/mol. The molecule has 3 aromatic rings. The van der Waals surface area contributed by atoms with E-state index in [1.807, 2.05) is 45.0 Å². The lowest BCUT2D eigenvalue weighted by atomic mass is 10.1. The van der Waals surface area contributed by atoms with Crippen LogP contribution in [0, 0.1) is 13.8 Å². The number of benzene rings is 3. The van der Waals surface area contributed by atoms with Crippen LogP contribution in [0.5, 0.6) is 0 Å². The van der Waals surface area contributed by atoms with Crippen LogP contribution in [0.4, 0.5) is 11.4 Å². The van der Waals surface area contributed by atoms with Gasteiger partial charge in [-0.3, -0.25) is 9.10 Å². The van der Waals surface area contributed by atoms with Crippen molar-refractivity contribution in [3.05, 3.63) is 88.4 Å². The number of hydrogen-bond acceptors (Lipinski definition) is 3. The van der Waals surface area contributed by atoms with E-state index >= 15 is 0 Å². The van der Waals surface area contributed by atoms with Crippen LogP contribution in [0.1, 0.15) is 23.6 Å². The average Bonchev–Trinajstić information content (AvgIpc) is 2.73. The summed E-state index contributed by atoms with van der Waals surface area (Å²) in [5, 5.41) is 3.35. The van der Waals surface area contributed by atoms with Gasteiger partial charge >= 0.3 is 0 Å². The number of para-hydroxylation sites is 1. The predicted octanol–water partition coefficient (Wildman–Crippen LogP) is 5.35.